The first-order chi connectivity index (χ1) is 12.6. The average molecular weight is 356 g/mol. The van der Waals surface area contributed by atoms with E-state index >= 15 is 0 Å². The molecule has 2 heterocycles. The maximum Gasteiger partial charge on any atom is 0.349 e. The molecule has 0 bridgehead atoms. The minimum absolute atomic E-state index is 0.0658. The van der Waals surface area contributed by atoms with Gasteiger partial charge in [-0.25, -0.2) is 4.79 Å². The molecule has 6 nitrogen and oxygen atoms in total. The molecular weight excluding hydrogens is 332 g/mol. The minimum atomic E-state index is -0.571. The number of carbonyl (C=O) groups excluding carboxylic acids is 1. The highest BCUT2D eigenvalue weighted by molar-refractivity contribution is 5.95. The number of aryl methyl sites for hydroxylation is 3. The van der Waals surface area contributed by atoms with E-state index in [9.17, 15) is 9.59 Å². The van der Waals surface area contributed by atoms with Crippen molar-refractivity contribution in [2.24, 2.45) is 0 Å². The van der Waals surface area contributed by atoms with Crippen molar-refractivity contribution < 1.29 is 13.9 Å². The summed E-state index contributed by atoms with van der Waals surface area (Å²) in [5.41, 5.74) is 1.30. The van der Waals surface area contributed by atoms with E-state index in [1.165, 1.54) is 0 Å². The van der Waals surface area contributed by atoms with Crippen LogP contribution in [0.2, 0.25) is 0 Å². The number of hydrogen-bond donors (Lipinski definition) is 2. The summed E-state index contributed by atoms with van der Waals surface area (Å²) in [5.74, 6) is 1.04. The predicted octanol–water partition coefficient (Wildman–Crippen LogP) is 1.83. The lowest BCUT2D eigenvalue weighted by atomic mass is 10.1. The summed E-state index contributed by atoms with van der Waals surface area (Å²) in [6.07, 6.45) is 2.21. The van der Waals surface area contributed by atoms with Gasteiger partial charge in [-0.15, -0.1) is 0 Å². The van der Waals surface area contributed by atoms with Gasteiger partial charge in [-0.2, -0.15) is 0 Å². The van der Waals surface area contributed by atoms with E-state index < -0.39 is 5.63 Å². The van der Waals surface area contributed by atoms with Gasteiger partial charge < -0.3 is 19.8 Å². The molecule has 0 unspecified atom stereocenters. The van der Waals surface area contributed by atoms with Crippen LogP contribution in [0.5, 0.6) is 5.75 Å². The van der Waals surface area contributed by atoms with Crippen LogP contribution in [-0.4, -0.2) is 32.1 Å². The Bertz CT molecular complexity index is 821. The van der Waals surface area contributed by atoms with Crippen molar-refractivity contribution in [3.63, 3.8) is 0 Å². The van der Waals surface area contributed by atoms with Crippen LogP contribution in [0.3, 0.4) is 0 Å². The van der Waals surface area contributed by atoms with Gasteiger partial charge in [-0.1, -0.05) is 12.1 Å². The lowest BCUT2D eigenvalue weighted by molar-refractivity contribution is 0.0935. The first-order valence-corrected chi connectivity index (χ1v) is 8.85. The van der Waals surface area contributed by atoms with Crippen molar-refractivity contribution >= 4 is 5.91 Å². The molecule has 0 spiro atoms. The molecule has 0 aliphatic carbocycles. The molecule has 0 saturated carbocycles. The Morgan fingerprint density at radius 3 is 2.69 bits per heavy atom. The molecule has 1 aliphatic heterocycles. The summed E-state index contributed by atoms with van der Waals surface area (Å²) in [6.45, 7) is 3.38. The van der Waals surface area contributed by atoms with E-state index in [0.717, 1.165) is 37.2 Å². The van der Waals surface area contributed by atoms with Crippen LogP contribution < -0.4 is 21.0 Å². The molecule has 1 aromatic carbocycles. The maximum absolute atomic E-state index is 12.4. The van der Waals surface area contributed by atoms with Gasteiger partial charge in [0.15, 0.2) is 0 Å². The molecule has 1 aromatic heterocycles. The normalized spacial score (nSPS) is 16.5. The van der Waals surface area contributed by atoms with Crippen LogP contribution >= 0.6 is 0 Å². The van der Waals surface area contributed by atoms with Gasteiger partial charge in [0.2, 0.25) is 0 Å². The maximum atomic E-state index is 12.4. The smallest absolute Gasteiger partial charge is 0.349 e. The van der Waals surface area contributed by atoms with Gasteiger partial charge in [0.25, 0.3) is 5.91 Å². The van der Waals surface area contributed by atoms with E-state index in [0.29, 0.717) is 17.7 Å². The summed E-state index contributed by atoms with van der Waals surface area (Å²) in [7, 11) is 1.63. The van der Waals surface area contributed by atoms with E-state index in [1.54, 1.807) is 20.1 Å². The molecule has 1 saturated heterocycles. The molecule has 26 heavy (non-hydrogen) atoms. The topological polar surface area (TPSA) is 80.6 Å². The highest BCUT2D eigenvalue weighted by Gasteiger charge is 2.22. The third-order valence-corrected chi connectivity index (χ3v) is 4.64. The quantitative estimate of drug-likeness (QED) is 0.825. The summed E-state index contributed by atoms with van der Waals surface area (Å²) < 4.78 is 10.5. The molecule has 1 aliphatic rings. The fourth-order valence-electron chi connectivity index (χ4n) is 3.16. The lowest BCUT2D eigenvalue weighted by Crippen LogP contribution is -2.38. The van der Waals surface area contributed by atoms with Crippen LogP contribution in [0, 0.1) is 6.92 Å². The fraction of sp³-hybridized carbons (Fsp3) is 0.400. The lowest BCUT2D eigenvalue weighted by Gasteiger charge is -2.12. The fourth-order valence-corrected chi connectivity index (χ4v) is 3.16. The summed E-state index contributed by atoms with van der Waals surface area (Å²) in [5, 5.41) is 6.07. The number of carbonyl (C=O) groups is 1. The van der Waals surface area contributed by atoms with Crippen LogP contribution in [0.4, 0.5) is 0 Å². The van der Waals surface area contributed by atoms with Crippen LogP contribution in [0.1, 0.15) is 33.7 Å². The minimum Gasteiger partial charge on any atom is -0.497 e. The van der Waals surface area contributed by atoms with Crippen molar-refractivity contribution in [3.05, 3.63) is 63.2 Å². The van der Waals surface area contributed by atoms with Crippen molar-refractivity contribution in [2.75, 3.05) is 20.2 Å². The zero-order valence-electron chi connectivity index (χ0n) is 15.1. The monoisotopic (exact) mass is 356 g/mol. The Hall–Kier alpha value is -2.60. The number of methoxy groups -OCH3 is 1. The third-order valence-electron chi connectivity index (χ3n) is 4.64. The zero-order chi connectivity index (χ0) is 18.5. The number of ether oxygens (including phenoxy) is 1. The molecule has 3 rings (SSSR count). The second kappa shape index (κ2) is 8.19. The highest BCUT2D eigenvalue weighted by atomic mass is 16.5. The number of benzene rings is 1. The number of hydrogen-bond acceptors (Lipinski definition) is 5. The third kappa shape index (κ3) is 4.32. The Balaban J connectivity index is 1.67. The first kappa shape index (κ1) is 18.2. The second-order valence-electron chi connectivity index (χ2n) is 6.57. The molecule has 2 N–H and O–H groups in total. The van der Waals surface area contributed by atoms with Gasteiger partial charge in [0.05, 0.1) is 7.11 Å². The summed E-state index contributed by atoms with van der Waals surface area (Å²) >= 11 is 0. The van der Waals surface area contributed by atoms with Gasteiger partial charge >= 0.3 is 5.63 Å². The molecule has 6 heteroatoms. The van der Waals surface area contributed by atoms with Gasteiger partial charge in [-0.05, 0) is 55.6 Å². The Labute approximate surface area is 152 Å². The number of rotatable bonds is 6. The molecule has 0 radical (unpaired) electrons. The van der Waals surface area contributed by atoms with Gasteiger partial charge in [0.1, 0.15) is 17.1 Å². The Morgan fingerprint density at radius 2 is 2.08 bits per heavy atom. The van der Waals surface area contributed by atoms with Gasteiger partial charge in [-0.3, -0.25) is 4.79 Å². The first-order valence-electron chi connectivity index (χ1n) is 8.85. The Morgan fingerprint density at radius 1 is 1.31 bits per heavy atom. The van der Waals surface area contributed by atoms with Gasteiger partial charge in [0, 0.05) is 19.0 Å². The molecule has 1 atom stereocenters. The molecule has 1 fully saturated rings. The standard InChI is InChI=1S/C20H24N2O4/c1-13-11-17(8-5-14-3-6-16(25-2)7-4-14)26-20(24)18(13)19(23)22-15-9-10-21-12-15/h3-4,6-7,11,15,21H,5,8-10,12H2,1-2H3,(H,22,23)/t15-/m0/s1. The predicted molar refractivity (Wildman–Crippen MR) is 98.9 cm³/mol. The molecule has 138 valence electrons. The van der Waals surface area contributed by atoms with Crippen LogP contribution in [0.15, 0.2) is 39.5 Å². The van der Waals surface area contributed by atoms with Crippen LogP contribution in [0.25, 0.3) is 0 Å². The van der Waals surface area contributed by atoms with Crippen molar-refractivity contribution in [1.29, 1.82) is 0 Å². The SMILES string of the molecule is COc1ccc(CCc2cc(C)c(C(=O)N[C@H]3CCNC3)c(=O)o2)cc1. The molecular formula is C20H24N2O4. The van der Waals surface area contributed by atoms with E-state index in [2.05, 4.69) is 10.6 Å². The van der Waals surface area contributed by atoms with Crippen molar-refractivity contribution in [2.45, 2.75) is 32.2 Å². The van der Waals surface area contributed by atoms with Crippen molar-refractivity contribution in [1.82, 2.24) is 10.6 Å². The van der Waals surface area contributed by atoms with E-state index in [4.69, 9.17) is 9.15 Å². The van der Waals surface area contributed by atoms with Crippen molar-refractivity contribution in [3.8, 4) is 5.75 Å². The largest absolute Gasteiger partial charge is 0.497 e. The zero-order valence-corrected chi connectivity index (χ0v) is 15.1. The summed E-state index contributed by atoms with van der Waals surface area (Å²) in [6, 6.07) is 9.63. The van der Waals surface area contributed by atoms with Crippen LogP contribution in [-0.2, 0) is 12.8 Å². The summed E-state index contributed by atoms with van der Waals surface area (Å²) in [4.78, 5) is 24.7. The molecule has 2 aromatic rings. The Kier molecular flexibility index (Phi) is 5.73. The second-order valence-corrected chi connectivity index (χ2v) is 6.57. The molecule has 1 amide bonds. The highest BCUT2D eigenvalue weighted by Crippen LogP contribution is 2.14. The van der Waals surface area contributed by atoms with E-state index in [1.807, 2.05) is 24.3 Å². The number of nitrogens with one attached hydrogen (secondary N) is 2. The average Bonchev–Trinajstić information content (AvgIpc) is 3.12. The van der Waals surface area contributed by atoms with E-state index in [-0.39, 0.29) is 17.5 Å². The number of amides is 1.